The van der Waals surface area contributed by atoms with E-state index < -0.39 is 48.4 Å². The first kappa shape index (κ1) is 34.8. The molecule has 5 N–H and O–H groups in total. The van der Waals surface area contributed by atoms with E-state index in [-0.39, 0.29) is 47.4 Å². The van der Waals surface area contributed by atoms with E-state index in [0.29, 0.717) is 6.42 Å². The molecule has 0 bridgehead atoms. The molecule has 1 aliphatic carbocycles. The number of aliphatic hydroxyl groups excluding tert-OH is 3. The number of primary amides is 1. The lowest BCUT2D eigenvalue weighted by Gasteiger charge is -2.36. The van der Waals surface area contributed by atoms with Crippen LogP contribution in [0, 0.1) is 53.3 Å². The monoisotopic (exact) mass is 575 g/mol. The number of rotatable bonds is 12. The van der Waals surface area contributed by atoms with Gasteiger partial charge in [-0.3, -0.25) is 4.79 Å². The second-order valence-electron chi connectivity index (χ2n) is 12.6. The van der Waals surface area contributed by atoms with E-state index >= 15 is 0 Å². The van der Waals surface area contributed by atoms with Crippen molar-refractivity contribution in [2.75, 3.05) is 0 Å². The van der Waals surface area contributed by atoms with Crippen LogP contribution in [-0.2, 0) is 14.3 Å². The van der Waals surface area contributed by atoms with Gasteiger partial charge in [-0.2, -0.15) is 0 Å². The number of cyclic esters (lactones) is 1. The van der Waals surface area contributed by atoms with Gasteiger partial charge in [-0.25, -0.2) is 4.79 Å². The molecule has 2 rings (SSSR count). The summed E-state index contributed by atoms with van der Waals surface area (Å²) in [4.78, 5) is 23.8. The summed E-state index contributed by atoms with van der Waals surface area (Å²) in [5.74, 6) is -1.80. The molecule has 0 radical (unpaired) electrons. The zero-order chi connectivity index (χ0) is 31.2. The van der Waals surface area contributed by atoms with E-state index in [1.807, 2.05) is 60.6 Å². The van der Waals surface area contributed by atoms with Crippen LogP contribution in [0.25, 0.3) is 0 Å². The summed E-state index contributed by atoms with van der Waals surface area (Å²) in [5, 5.41) is 32.7. The molecular weight excluding hydrogens is 522 g/mol. The standard InChI is InChI=1S/C33H53NO7/c1-10-11-13-17(2)31(41-33(34)39)23(8)28(35)19(4)16-18(3)27-22(7)29(36)20(5)25(27)14-12-15-26-21(6)30(37)24(9)32(38)40-26/h10-14,16-17,19-31,35-37H,1,15H2,2-9H3,(H2,34,39)/b13-11-,14-12+,18-16+/t17-,19-,20-,21-,22-,23-,24+,25+,26+,27+,28+,29-,30-,31-/m0/s1. The number of amides is 1. The number of hydrogen-bond donors (Lipinski definition) is 4. The Morgan fingerprint density at radius 3 is 2.29 bits per heavy atom. The minimum atomic E-state index is -0.883. The summed E-state index contributed by atoms with van der Waals surface area (Å²) >= 11 is 0. The molecule has 1 saturated carbocycles. The molecule has 8 nitrogen and oxygen atoms in total. The highest BCUT2D eigenvalue weighted by Gasteiger charge is 2.45. The largest absolute Gasteiger partial charge is 0.461 e. The summed E-state index contributed by atoms with van der Waals surface area (Å²) in [6.45, 7) is 19.1. The molecule has 0 unspecified atom stereocenters. The molecule has 0 spiro atoms. The topological polar surface area (TPSA) is 139 Å². The zero-order valence-corrected chi connectivity index (χ0v) is 26.0. The predicted octanol–water partition coefficient (Wildman–Crippen LogP) is 4.79. The summed E-state index contributed by atoms with van der Waals surface area (Å²) < 4.78 is 11.0. The van der Waals surface area contributed by atoms with E-state index in [4.69, 9.17) is 15.2 Å². The fourth-order valence-electron chi connectivity index (χ4n) is 6.91. The van der Waals surface area contributed by atoms with Crippen LogP contribution in [-0.4, -0.2) is 57.9 Å². The molecule has 1 aliphatic heterocycles. The number of allylic oxidation sites excluding steroid dienone is 4. The third-order valence-corrected chi connectivity index (χ3v) is 9.64. The Kier molecular flexibility index (Phi) is 12.9. The molecule has 2 fully saturated rings. The first-order chi connectivity index (χ1) is 19.1. The van der Waals surface area contributed by atoms with Crippen molar-refractivity contribution in [3.63, 3.8) is 0 Å². The molecule has 0 aromatic heterocycles. The van der Waals surface area contributed by atoms with E-state index in [2.05, 4.69) is 18.7 Å². The third-order valence-electron chi connectivity index (χ3n) is 9.64. The lowest BCUT2D eigenvalue weighted by molar-refractivity contribution is -0.176. The fraction of sp³-hybridized carbons (Fsp3) is 0.697. The molecule has 1 heterocycles. The molecule has 41 heavy (non-hydrogen) atoms. The van der Waals surface area contributed by atoms with Gasteiger partial charge in [0.2, 0.25) is 0 Å². The minimum Gasteiger partial charge on any atom is -0.461 e. The summed E-state index contributed by atoms with van der Waals surface area (Å²) in [6, 6.07) is 0. The summed E-state index contributed by atoms with van der Waals surface area (Å²) in [7, 11) is 0. The lowest BCUT2D eigenvalue weighted by atomic mass is 9.78. The van der Waals surface area contributed by atoms with Crippen molar-refractivity contribution in [1.29, 1.82) is 0 Å². The van der Waals surface area contributed by atoms with Crippen molar-refractivity contribution in [1.82, 2.24) is 0 Å². The van der Waals surface area contributed by atoms with Crippen molar-refractivity contribution in [2.45, 2.75) is 92.3 Å². The van der Waals surface area contributed by atoms with Gasteiger partial charge in [-0.1, -0.05) is 90.2 Å². The van der Waals surface area contributed by atoms with Crippen molar-refractivity contribution in [3.05, 3.63) is 48.6 Å². The summed E-state index contributed by atoms with van der Waals surface area (Å²) in [5.41, 5.74) is 6.41. The van der Waals surface area contributed by atoms with Gasteiger partial charge in [0.1, 0.15) is 12.2 Å². The molecule has 1 amide bonds. The number of hydrogen-bond acceptors (Lipinski definition) is 7. The Balaban J connectivity index is 2.22. The second kappa shape index (κ2) is 15.2. The second-order valence-corrected chi connectivity index (χ2v) is 12.6. The minimum absolute atomic E-state index is 0.00164. The summed E-state index contributed by atoms with van der Waals surface area (Å²) in [6.07, 6.45) is 8.03. The molecular formula is C33H53NO7. The van der Waals surface area contributed by atoms with E-state index in [0.717, 1.165) is 5.57 Å². The maximum Gasteiger partial charge on any atom is 0.404 e. The smallest absolute Gasteiger partial charge is 0.404 e. The van der Waals surface area contributed by atoms with Crippen molar-refractivity contribution < 1.29 is 34.4 Å². The number of carbonyl (C=O) groups excluding carboxylic acids is 2. The highest BCUT2D eigenvalue weighted by molar-refractivity contribution is 5.73. The number of carbonyl (C=O) groups is 2. The maximum absolute atomic E-state index is 12.1. The quantitative estimate of drug-likeness (QED) is 0.149. The number of ether oxygens (including phenoxy) is 2. The van der Waals surface area contributed by atoms with Crippen molar-refractivity contribution in [3.8, 4) is 0 Å². The average molecular weight is 576 g/mol. The molecule has 14 atom stereocenters. The lowest BCUT2D eigenvalue weighted by Crippen LogP contribution is -2.46. The van der Waals surface area contributed by atoms with Crippen molar-refractivity contribution >= 4 is 12.1 Å². The highest BCUT2D eigenvalue weighted by Crippen LogP contribution is 2.46. The van der Waals surface area contributed by atoms with Gasteiger partial charge in [0.15, 0.2) is 0 Å². The Labute approximate surface area is 246 Å². The molecule has 1 saturated heterocycles. The van der Waals surface area contributed by atoms with E-state index in [9.17, 15) is 24.9 Å². The Morgan fingerprint density at radius 1 is 1.07 bits per heavy atom. The van der Waals surface area contributed by atoms with Gasteiger partial charge in [-0.15, -0.1) is 0 Å². The molecule has 232 valence electrons. The van der Waals surface area contributed by atoms with Crippen LogP contribution in [0.2, 0.25) is 0 Å². The van der Waals surface area contributed by atoms with Crippen LogP contribution < -0.4 is 5.73 Å². The van der Waals surface area contributed by atoms with E-state index in [1.54, 1.807) is 19.1 Å². The van der Waals surface area contributed by atoms with Crippen molar-refractivity contribution in [2.24, 2.45) is 59.0 Å². The Bertz CT molecular complexity index is 990. The van der Waals surface area contributed by atoms with Gasteiger partial charge < -0.3 is 30.5 Å². The van der Waals surface area contributed by atoms with Crippen LogP contribution in [0.15, 0.2) is 48.6 Å². The molecule has 2 aliphatic rings. The number of nitrogens with two attached hydrogens (primary N) is 1. The van der Waals surface area contributed by atoms with Gasteiger partial charge in [-0.05, 0) is 37.5 Å². The van der Waals surface area contributed by atoms with Gasteiger partial charge >= 0.3 is 12.1 Å². The zero-order valence-electron chi connectivity index (χ0n) is 26.0. The maximum atomic E-state index is 12.1. The van der Waals surface area contributed by atoms with Gasteiger partial charge in [0.25, 0.3) is 0 Å². The Morgan fingerprint density at radius 2 is 1.71 bits per heavy atom. The normalized spacial score (nSPS) is 36.5. The SMILES string of the molecule is C=C/C=C\[C@H](C)[C@H](OC(N)=O)[C@@H](C)[C@H](O)[C@@H](C)/C=C(\C)[C@@H]1[C@H](C)[C@@H](O)[C@@H](C)[C@H]1/C=C/C[C@H]1OC(=O)[C@H](C)[C@@H](O)[C@H]1C. The molecule has 8 heteroatoms. The molecule has 0 aromatic carbocycles. The van der Waals surface area contributed by atoms with Crippen LogP contribution in [0.4, 0.5) is 4.79 Å². The van der Waals surface area contributed by atoms with Gasteiger partial charge in [0.05, 0.1) is 24.2 Å². The number of esters is 1. The fourth-order valence-corrected chi connectivity index (χ4v) is 6.91. The third kappa shape index (κ3) is 8.33. The van der Waals surface area contributed by atoms with Crippen LogP contribution in [0.3, 0.4) is 0 Å². The first-order valence-corrected chi connectivity index (χ1v) is 15.0. The first-order valence-electron chi connectivity index (χ1n) is 15.0. The average Bonchev–Trinajstić information content (AvgIpc) is 3.14. The van der Waals surface area contributed by atoms with Crippen LogP contribution in [0.5, 0.6) is 0 Å². The van der Waals surface area contributed by atoms with Gasteiger partial charge in [0, 0.05) is 30.1 Å². The highest BCUT2D eigenvalue weighted by atomic mass is 16.6. The predicted molar refractivity (Wildman–Crippen MR) is 160 cm³/mol. The van der Waals surface area contributed by atoms with Crippen LogP contribution in [0.1, 0.15) is 61.8 Å². The molecule has 0 aromatic rings. The Hall–Kier alpha value is -2.42. The van der Waals surface area contributed by atoms with Crippen LogP contribution >= 0.6 is 0 Å². The van der Waals surface area contributed by atoms with E-state index in [1.165, 1.54) is 0 Å². The number of aliphatic hydroxyl groups is 3.